The van der Waals surface area contributed by atoms with Crippen LogP contribution in [0.2, 0.25) is 0 Å². The predicted octanol–water partition coefficient (Wildman–Crippen LogP) is 6.85. The minimum atomic E-state index is 0.104. The van der Waals surface area contributed by atoms with Gasteiger partial charge >= 0.3 is 0 Å². The third kappa shape index (κ3) is 12.2. The molecule has 0 N–H and O–H groups in total. The number of rotatable bonds is 13. The molecule has 0 radical (unpaired) electrons. The monoisotopic (exact) mass is 298 g/mol. The molecule has 0 aliphatic carbocycles. The molecule has 21 heavy (non-hydrogen) atoms. The fraction of sp³-hybridized carbons (Fsp3) is 1.00. The van der Waals surface area contributed by atoms with E-state index >= 15 is 0 Å². The maximum atomic E-state index is 6.26. The van der Waals surface area contributed by atoms with Crippen molar-refractivity contribution >= 4 is 0 Å². The quantitative estimate of drug-likeness (QED) is 0.361. The van der Waals surface area contributed by atoms with Gasteiger partial charge < -0.3 is 4.74 Å². The molecule has 0 bridgehead atoms. The first-order valence-corrected chi connectivity index (χ1v) is 9.43. The normalized spacial score (nSPS) is 16.4. The van der Waals surface area contributed by atoms with Crippen LogP contribution in [0.25, 0.3) is 0 Å². The Hall–Kier alpha value is -0.0400. The van der Waals surface area contributed by atoms with Crippen LogP contribution in [-0.2, 0) is 4.74 Å². The molecule has 0 aromatic rings. The van der Waals surface area contributed by atoms with Gasteiger partial charge in [-0.2, -0.15) is 0 Å². The van der Waals surface area contributed by atoms with Crippen molar-refractivity contribution in [1.29, 1.82) is 0 Å². The molecule has 0 aromatic heterocycles. The smallest absolute Gasteiger partial charge is 0.0651 e. The van der Waals surface area contributed by atoms with Crippen molar-refractivity contribution in [2.75, 3.05) is 6.61 Å². The molecule has 0 aliphatic heterocycles. The van der Waals surface area contributed by atoms with E-state index in [4.69, 9.17) is 4.74 Å². The van der Waals surface area contributed by atoms with Crippen LogP contribution >= 0.6 is 0 Å². The fourth-order valence-electron chi connectivity index (χ4n) is 2.76. The first-order chi connectivity index (χ1) is 9.79. The lowest BCUT2D eigenvalue weighted by molar-refractivity contribution is -0.0469. The summed E-state index contributed by atoms with van der Waals surface area (Å²) in [7, 11) is 0. The van der Waals surface area contributed by atoms with Gasteiger partial charge in [0.2, 0.25) is 0 Å². The first-order valence-electron chi connectivity index (χ1n) is 9.43. The summed E-state index contributed by atoms with van der Waals surface area (Å²) in [5.74, 6) is 2.46. The molecule has 0 fully saturated rings. The van der Waals surface area contributed by atoms with Gasteiger partial charge in [0.15, 0.2) is 0 Å². The Labute approximate surface area is 135 Å². The second-order valence-corrected chi connectivity index (χ2v) is 8.16. The van der Waals surface area contributed by atoms with E-state index in [0.717, 1.165) is 30.8 Å². The molecule has 1 heteroatoms. The fourth-order valence-corrected chi connectivity index (χ4v) is 2.76. The second-order valence-electron chi connectivity index (χ2n) is 8.16. The largest absolute Gasteiger partial charge is 0.375 e. The highest BCUT2D eigenvalue weighted by atomic mass is 16.5. The van der Waals surface area contributed by atoms with Crippen LogP contribution in [0, 0.1) is 17.8 Å². The number of ether oxygens (including phenoxy) is 1. The second kappa shape index (κ2) is 11.5. The molecule has 0 saturated heterocycles. The maximum absolute atomic E-state index is 6.26. The van der Waals surface area contributed by atoms with Crippen LogP contribution < -0.4 is 0 Å². The molecule has 0 saturated carbocycles. The third-order valence-corrected chi connectivity index (χ3v) is 4.77. The summed E-state index contributed by atoms with van der Waals surface area (Å²) in [4.78, 5) is 0. The van der Waals surface area contributed by atoms with E-state index in [9.17, 15) is 0 Å². The van der Waals surface area contributed by atoms with Crippen molar-refractivity contribution in [2.24, 2.45) is 17.8 Å². The van der Waals surface area contributed by atoms with E-state index < -0.39 is 0 Å². The van der Waals surface area contributed by atoms with E-state index in [1.807, 2.05) is 0 Å². The Morgan fingerprint density at radius 3 is 1.90 bits per heavy atom. The van der Waals surface area contributed by atoms with Gasteiger partial charge in [-0.15, -0.1) is 0 Å². The van der Waals surface area contributed by atoms with E-state index in [2.05, 4.69) is 48.5 Å². The highest BCUT2D eigenvalue weighted by molar-refractivity contribution is 4.74. The van der Waals surface area contributed by atoms with Crippen LogP contribution in [0.1, 0.15) is 99.8 Å². The third-order valence-electron chi connectivity index (χ3n) is 4.77. The molecule has 0 aliphatic rings. The molecule has 2 atom stereocenters. The molecule has 0 rings (SSSR count). The highest BCUT2D eigenvalue weighted by Crippen LogP contribution is 2.25. The molecule has 1 nitrogen and oxygen atoms in total. The summed E-state index contributed by atoms with van der Waals surface area (Å²) in [5.41, 5.74) is 0.104. The Balaban J connectivity index is 3.82. The summed E-state index contributed by atoms with van der Waals surface area (Å²) < 4.78 is 6.26. The minimum Gasteiger partial charge on any atom is -0.375 e. The van der Waals surface area contributed by atoms with E-state index in [0.29, 0.717) is 0 Å². The topological polar surface area (TPSA) is 9.23 Å². The van der Waals surface area contributed by atoms with E-state index in [-0.39, 0.29) is 5.60 Å². The van der Waals surface area contributed by atoms with E-state index in [1.54, 1.807) is 0 Å². The maximum Gasteiger partial charge on any atom is 0.0651 e. The summed E-state index contributed by atoms with van der Waals surface area (Å²) >= 11 is 0. The SMILES string of the molecule is CCC(C)(CCCC(C)C)OCCC(C)CCCC(C)C. The van der Waals surface area contributed by atoms with Gasteiger partial charge in [-0.3, -0.25) is 0 Å². The lowest BCUT2D eigenvalue weighted by atomic mass is 9.93. The van der Waals surface area contributed by atoms with Gasteiger partial charge in [-0.1, -0.05) is 73.6 Å². The molecule has 0 heterocycles. The molecular formula is C20H42O. The molecule has 128 valence electrons. The summed E-state index contributed by atoms with van der Waals surface area (Å²) in [6.07, 6.45) is 10.3. The lowest BCUT2D eigenvalue weighted by Crippen LogP contribution is -2.29. The van der Waals surface area contributed by atoms with Crippen molar-refractivity contribution in [3.05, 3.63) is 0 Å². The van der Waals surface area contributed by atoms with Crippen molar-refractivity contribution in [1.82, 2.24) is 0 Å². The van der Waals surface area contributed by atoms with Crippen molar-refractivity contribution in [3.8, 4) is 0 Å². The standard InChI is InChI=1S/C20H42O/c1-8-20(7,15-10-12-18(4)5)21-16-14-19(6)13-9-11-17(2)3/h17-19H,8-16H2,1-7H3. The predicted molar refractivity (Wildman–Crippen MR) is 95.8 cm³/mol. The van der Waals surface area contributed by atoms with Crippen molar-refractivity contribution < 1.29 is 4.74 Å². The van der Waals surface area contributed by atoms with Crippen LogP contribution in [0.4, 0.5) is 0 Å². The van der Waals surface area contributed by atoms with Gasteiger partial charge in [-0.05, 0) is 43.9 Å². The Morgan fingerprint density at radius 2 is 1.38 bits per heavy atom. The van der Waals surface area contributed by atoms with Crippen LogP contribution in [0.15, 0.2) is 0 Å². The zero-order valence-electron chi connectivity index (χ0n) is 16.0. The summed E-state index contributed by atoms with van der Waals surface area (Å²) in [6.45, 7) is 17.1. The van der Waals surface area contributed by atoms with Crippen molar-refractivity contribution in [2.45, 2.75) is 105 Å². The zero-order chi connectivity index (χ0) is 16.3. The van der Waals surface area contributed by atoms with Crippen LogP contribution in [0.3, 0.4) is 0 Å². The van der Waals surface area contributed by atoms with Gasteiger partial charge in [0.25, 0.3) is 0 Å². The highest BCUT2D eigenvalue weighted by Gasteiger charge is 2.22. The molecule has 0 amide bonds. The van der Waals surface area contributed by atoms with Gasteiger partial charge in [0.05, 0.1) is 5.60 Å². The first kappa shape index (κ1) is 21.0. The Kier molecular flexibility index (Phi) is 11.5. The van der Waals surface area contributed by atoms with Gasteiger partial charge in [0.1, 0.15) is 0 Å². The Bertz CT molecular complexity index is 234. The van der Waals surface area contributed by atoms with Gasteiger partial charge in [0, 0.05) is 6.61 Å². The minimum absolute atomic E-state index is 0.104. The summed E-state index contributed by atoms with van der Waals surface area (Å²) in [5, 5.41) is 0. The van der Waals surface area contributed by atoms with E-state index in [1.165, 1.54) is 44.9 Å². The number of hydrogen-bond donors (Lipinski definition) is 0. The lowest BCUT2D eigenvalue weighted by Gasteiger charge is -2.30. The van der Waals surface area contributed by atoms with Crippen molar-refractivity contribution in [3.63, 3.8) is 0 Å². The molecule has 0 spiro atoms. The molecular weight excluding hydrogens is 256 g/mol. The van der Waals surface area contributed by atoms with Crippen LogP contribution in [0.5, 0.6) is 0 Å². The molecule has 2 unspecified atom stereocenters. The van der Waals surface area contributed by atoms with Crippen LogP contribution in [-0.4, -0.2) is 12.2 Å². The Morgan fingerprint density at radius 1 is 0.810 bits per heavy atom. The summed E-state index contributed by atoms with van der Waals surface area (Å²) in [6, 6.07) is 0. The average Bonchev–Trinajstić information content (AvgIpc) is 2.37. The average molecular weight is 299 g/mol. The van der Waals surface area contributed by atoms with Gasteiger partial charge in [-0.25, -0.2) is 0 Å². The number of hydrogen-bond acceptors (Lipinski definition) is 1. The molecule has 0 aromatic carbocycles. The zero-order valence-corrected chi connectivity index (χ0v) is 16.0.